The summed E-state index contributed by atoms with van der Waals surface area (Å²) in [4.78, 5) is 0. The Morgan fingerprint density at radius 3 is 2.52 bits per heavy atom. The predicted molar refractivity (Wildman–Crippen MR) is 79.7 cm³/mol. The lowest BCUT2D eigenvalue weighted by molar-refractivity contribution is 0.0606. The molecule has 0 saturated heterocycles. The zero-order chi connectivity index (χ0) is 15.2. The number of rotatable bonds is 6. The Bertz CT molecular complexity index is 602. The Hall–Kier alpha value is -2.14. The second kappa shape index (κ2) is 7.04. The van der Waals surface area contributed by atoms with E-state index in [9.17, 15) is 5.11 Å². The third-order valence-corrected chi connectivity index (χ3v) is 3.06. The molecule has 0 unspecified atom stereocenters. The van der Waals surface area contributed by atoms with Crippen molar-refractivity contribution in [1.29, 1.82) is 0 Å². The molecule has 0 fully saturated rings. The molecule has 1 aromatic heterocycles. The minimum absolute atomic E-state index is 0.114. The largest absolute Gasteiger partial charge is 0.491 e. The molecule has 2 aromatic rings. The van der Waals surface area contributed by atoms with Gasteiger partial charge in [-0.3, -0.25) is 0 Å². The first-order chi connectivity index (χ1) is 10.0. The van der Waals surface area contributed by atoms with Crippen molar-refractivity contribution < 1.29 is 14.6 Å². The molecule has 0 aliphatic carbocycles. The monoisotopic (exact) mass is 288 g/mol. The lowest BCUT2D eigenvalue weighted by Gasteiger charge is -2.13. The van der Waals surface area contributed by atoms with Crippen LogP contribution in [0.5, 0.6) is 11.6 Å². The lowest BCUT2D eigenvalue weighted by Crippen LogP contribution is -2.25. The van der Waals surface area contributed by atoms with Crippen LogP contribution < -0.4 is 9.47 Å². The average molecular weight is 288 g/mol. The molecule has 5 nitrogen and oxygen atoms in total. The summed E-state index contributed by atoms with van der Waals surface area (Å²) in [6.45, 7) is 6.10. The highest BCUT2D eigenvalue weighted by Crippen LogP contribution is 2.13. The molecule has 0 bridgehead atoms. The van der Waals surface area contributed by atoms with Crippen LogP contribution in [-0.4, -0.2) is 34.6 Å². The third kappa shape index (κ3) is 4.72. The first-order valence-corrected chi connectivity index (χ1v) is 6.86. The molecule has 0 saturated carbocycles. The number of aryl methyl sites for hydroxylation is 3. The maximum atomic E-state index is 9.87. The summed E-state index contributed by atoms with van der Waals surface area (Å²) >= 11 is 0. The smallest absolute Gasteiger partial charge is 0.233 e. The average Bonchev–Trinajstić information content (AvgIpc) is 2.46. The lowest BCUT2D eigenvalue weighted by atomic mass is 10.2. The number of hydrogen-bond acceptors (Lipinski definition) is 5. The fourth-order valence-corrected chi connectivity index (χ4v) is 1.72. The number of aliphatic hydroxyl groups excluding tert-OH is 1. The summed E-state index contributed by atoms with van der Waals surface area (Å²) in [6, 6.07) is 9.48. The van der Waals surface area contributed by atoms with Gasteiger partial charge in [-0.15, -0.1) is 5.10 Å². The molecule has 1 N–H and O–H groups in total. The molecule has 0 aliphatic heterocycles. The van der Waals surface area contributed by atoms with Crippen LogP contribution in [0, 0.1) is 20.8 Å². The van der Waals surface area contributed by atoms with Crippen molar-refractivity contribution in [3.8, 4) is 11.6 Å². The minimum atomic E-state index is -0.728. The zero-order valence-corrected chi connectivity index (χ0v) is 12.5. The van der Waals surface area contributed by atoms with Gasteiger partial charge < -0.3 is 14.6 Å². The fraction of sp³-hybridized carbons (Fsp3) is 0.375. The topological polar surface area (TPSA) is 64.5 Å². The predicted octanol–water partition coefficient (Wildman–Crippen LogP) is 2.22. The quantitative estimate of drug-likeness (QED) is 0.883. The van der Waals surface area contributed by atoms with Crippen LogP contribution in [0.25, 0.3) is 0 Å². The molecular formula is C16H20N2O3. The van der Waals surface area contributed by atoms with Crippen LogP contribution in [0.3, 0.4) is 0 Å². The Morgan fingerprint density at radius 1 is 1.05 bits per heavy atom. The standard InChI is InChI=1S/C16H20N2O3/c1-11-5-4-6-15(7-11)20-9-14(19)10-21-16-8-12(2)13(3)17-18-16/h4-8,14,19H,9-10H2,1-3H3/t14-/m1/s1. The molecule has 112 valence electrons. The number of ether oxygens (including phenoxy) is 2. The highest BCUT2D eigenvalue weighted by Gasteiger charge is 2.08. The molecule has 2 rings (SSSR count). The number of hydrogen-bond donors (Lipinski definition) is 1. The van der Waals surface area contributed by atoms with E-state index in [-0.39, 0.29) is 13.2 Å². The van der Waals surface area contributed by atoms with E-state index in [1.807, 2.05) is 45.0 Å². The van der Waals surface area contributed by atoms with E-state index in [2.05, 4.69) is 10.2 Å². The van der Waals surface area contributed by atoms with Crippen LogP contribution >= 0.6 is 0 Å². The van der Waals surface area contributed by atoms with Gasteiger partial charge in [-0.25, -0.2) is 0 Å². The highest BCUT2D eigenvalue weighted by molar-refractivity contribution is 5.27. The third-order valence-electron chi connectivity index (χ3n) is 3.06. The molecule has 0 radical (unpaired) electrons. The van der Waals surface area contributed by atoms with Gasteiger partial charge in [-0.1, -0.05) is 12.1 Å². The number of benzene rings is 1. The van der Waals surface area contributed by atoms with Crippen molar-refractivity contribution in [3.63, 3.8) is 0 Å². The van der Waals surface area contributed by atoms with Crippen molar-refractivity contribution in [2.75, 3.05) is 13.2 Å². The van der Waals surface area contributed by atoms with Gasteiger partial charge in [-0.2, -0.15) is 5.10 Å². The summed E-state index contributed by atoms with van der Waals surface area (Å²) < 4.78 is 10.9. The van der Waals surface area contributed by atoms with Gasteiger partial charge in [0.15, 0.2) is 0 Å². The molecule has 5 heteroatoms. The normalized spacial score (nSPS) is 12.0. The van der Waals surface area contributed by atoms with E-state index in [0.29, 0.717) is 5.88 Å². The van der Waals surface area contributed by atoms with Crippen molar-refractivity contribution in [2.45, 2.75) is 26.9 Å². The van der Waals surface area contributed by atoms with Crippen molar-refractivity contribution in [1.82, 2.24) is 10.2 Å². The highest BCUT2D eigenvalue weighted by atomic mass is 16.5. The van der Waals surface area contributed by atoms with E-state index < -0.39 is 6.10 Å². The first kappa shape index (κ1) is 15.3. The Kier molecular flexibility index (Phi) is 5.11. The Balaban J connectivity index is 1.79. The molecule has 1 heterocycles. The minimum Gasteiger partial charge on any atom is -0.491 e. The SMILES string of the molecule is Cc1cccc(OC[C@@H](O)COc2cc(C)c(C)nn2)c1. The van der Waals surface area contributed by atoms with Crippen molar-refractivity contribution in [3.05, 3.63) is 47.2 Å². The second-order valence-corrected chi connectivity index (χ2v) is 5.04. The summed E-state index contributed by atoms with van der Waals surface area (Å²) in [6.07, 6.45) is -0.728. The fourth-order valence-electron chi connectivity index (χ4n) is 1.72. The summed E-state index contributed by atoms with van der Waals surface area (Å²) in [5.41, 5.74) is 2.99. The van der Waals surface area contributed by atoms with Crippen LogP contribution in [-0.2, 0) is 0 Å². The zero-order valence-electron chi connectivity index (χ0n) is 12.5. The molecule has 0 spiro atoms. The Labute approximate surface area is 124 Å². The van der Waals surface area contributed by atoms with Crippen molar-refractivity contribution in [2.24, 2.45) is 0 Å². The van der Waals surface area contributed by atoms with E-state index in [4.69, 9.17) is 9.47 Å². The van der Waals surface area contributed by atoms with Crippen LogP contribution in [0.4, 0.5) is 0 Å². The maximum Gasteiger partial charge on any atom is 0.233 e. The van der Waals surface area contributed by atoms with Crippen LogP contribution in [0.2, 0.25) is 0 Å². The van der Waals surface area contributed by atoms with E-state index >= 15 is 0 Å². The number of aromatic nitrogens is 2. The molecule has 1 atom stereocenters. The summed E-state index contributed by atoms with van der Waals surface area (Å²) in [7, 11) is 0. The molecule has 0 aliphatic rings. The van der Waals surface area contributed by atoms with Gasteiger partial charge in [0.05, 0.1) is 5.69 Å². The molecule has 21 heavy (non-hydrogen) atoms. The summed E-state index contributed by atoms with van der Waals surface area (Å²) in [5, 5.41) is 17.8. The maximum absolute atomic E-state index is 9.87. The molecule has 0 amide bonds. The van der Waals surface area contributed by atoms with Crippen LogP contribution in [0.1, 0.15) is 16.8 Å². The van der Waals surface area contributed by atoms with E-state index in [1.54, 1.807) is 6.07 Å². The van der Waals surface area contributed by atoms with Gasteiger partial charge in [0.25, 0.3) is 0 Å². The van der Waals surface area contributed by atoms with Crippen LogP contribution in [0.15, 0.2) is 30.3 Å². The number of nitrogens with zero attached hydrogens (tertiary/aromatic N) is 2. The van der Waals surface area contributed by atoms with Crippen molar-refractivity contribution >= 4 is 0 Å². The van der Waals surface area contributed by atoms with Gasteiger partial charge in [0, 0.05) is 6.07 Å². The number of aliphatic hydroxyl groups is 1. The Morgan fingerprint density at radius 2 is 1.81 bits per heavy atom. The van der Waals surface area contributed by atoms with E-state index in [1.165, 1.54) is 0 Å². The second-order valence-electron chi connectivity index (χ2n) is 5.04. The summed E-state index contributed by atoms with van der Waals surface area (Å²) in [5.74, 6) is 1.15. The molecular weight excluding hydrogens is 268 g/mol. The van der Waals surface area contributed by atoms with Gasteiger partial charge in [0.1, 0.15) is 25.1 Å². The van der Waals surface area contributed by atoms with E-state index in [0.717, 1.165) is 22.6 Å². The first-order valence-electron chi connectivity index (χ1n) is 6.86. The van der Waals surface area contributed by atoms with Gasteiger partial charge in [0.2, 0.25) is 5.88 Å². The van der Waals surface area contributed by atoms with Gasteiger partial charge in [-0.05, 0) is 44.0 Å². The van der Waals surface area contributed by atoms with Gasteiger partial charge >= 0.3 is 0 Å². The molecule has 1 aromatic carbocycles.